The summed E-state index contributed by atoms with van der Waals surface area (Å²) in [5, 5.41) is 11.8. The number of hydrogen-bond donors (Lipinski definition) is 4. The first-order valence-corrected chi connectivity index (χ1v) is 9.03. The van der Waals surface area contributed by atoms with E-state index in [1.807, 2.05) is 0 Å². The maximum atomic E-state index is 12.9. The Morgan fingerprint density at radius 3 is 2.29 bits per heavy atom. The van der Waals surface area contributed by atoms with Crippen LogP contribution < -0.4 is 21.1 Å². The van der Waals surface area contributed by atoms with E-state index in [2.05, 4.69) is 15.6 Å². The number of nitrogens with two attached hydrogens (primary N) is 1. The largest absolute Gasteiger partial charge is 0.457 e. The Kier molecular flexibility index (Phi) is 6.30. The third-order valence-corrected chi connectivity index (χ3v) is 4.21. The number of aromatic nitrogens is 1. The first-order chi connectivity index (χ1) is 14.6. The Hall–Kier alpha value is -3.79. The molecular formula is C20H15ClF3N5O2. The van der Waals surface area contributed by atoms with Gasteiger partial charge in [0.2, 0.25) is 0 Å². The number of hydrogen-bond acceptors (Lipinski definition) is 4. The third kappa shape index (κ3) is 5.86. The Morgan fingerprint density at radius 1 is 1.00 bits per heavy atom. The van der Waals surface area contributed by atoms with Gasteiger partial charge < -0.3 is 21.1 Å². The number of urea groups is 1. The van der Waals surface area contributed by atoms with Crippen molar-refractivity contribution < 1.29 is 22.7 Å². The van der Waals surface area contributed by atoms with Crippen molar-refractivity contribution in [2.24, 2.45) is 5.73 Å². The summed E-state index contributed by atoms with van der Waals surface area (Å²) in [5.41, 5.74) is 4.94. The van der Waals surface area contributed by atoms with Crippen LogP contribution in [-0.2, 0) is 6.18 Å². The molecule has 0 bridgehead atoms. The van der Waals surface area contributed by atoms with Crippen LogP contribution in [0.1, 0.15) is 11.3 Å². The number of alkyl halides is 3. The van der Waals surface area contributed by atoms with Gasteiger partial charge in [0.25, 0.3) is 0 Å². The summed E-state index contributed by atoms with van der Waals surface area (Å²) >= 11 is 5.56. The maximum Gasteiger partial charge on any atom is 0.417 e. The Bertz CT molecular complexity index is 1120. The number of amidine groups is 1. The molecule has 5 N–H and O–H groups in total. The highest BCUT2D eigenvalue weighted by Crippen LogP contribution is 2.36. The summed E-state index contributed by atoms with van der Waals surface area (Å²) in [6, 6.07) is 11.7. The van der Waals surface area contributed by atoms with E-state index in [4.69, 9.17) is 27.5 Å². The van der Waals surface area contributed by atoms with Crippen LogP contribution in [0.5, 0.6) is 11.5 Å². The SMILES string of the molecule is N=C(N)c1cc(Oc2ccc(NC(=O)Nc3ccc(Cl)c(C(F)(F)F)c3)cc2)ccn1. The molecule has 1 heterocycles. The molecular weight excluding hydrogens is 435 g/mol. The lowest BCUT2D eigenvalue weighted by atomic mass is 10.2. The Balaban J connectivity index is 1.63. The van der Waals surface area contributed by atoms with Crippen LogP contribution in [0.2, 0.25) is 5.02 Å². The first-order valence-electron chi connectivity index (χ1n) is 8.65. The van der Waals surface area contributed by atoms with E-state index in [9.17, 15) is 18.0 Å². The number of amides is 2. The summed E-state index contributed by atoms with van der Waals surface area (Å²) < 4.78 is 44.4. The number of nitrogens with zero attached hydrogens (tertiary/aromatic N) is 1. The van der Waals surface area contributed by atoms with Gasteiger partial charge in [0, 0.05) is 23.6 Å². The second kappa shape index (κ2) is 8.92. The maximum absolute atomic E-state index is 12.9. The fraction of sp³-hybridized carbons (Fsp3) is 0.0500. The Labute approximate surface area is 179 Å². The fourth-order valence-corrected chi connectivity index (χ4v) is 2.70. The number of halogens is 4. The molecule has 1 aromatic heterocycles. The number of ether oxygens (including phenoxy) is 1. The summed E-state index contributed by atoms with van der Waals surface area (Å²) in [6.45, 7) is 0. The molecule has 0 aliphatic carbocycles. The molecule has 0 saturated heterocycles. The number of pyridine rings is 1. The zero-order valence-corrected chi connectivity index (χ0v) is 16.4. The highest BCUT2D eigenvalue weighted by atomic mass is 35.5. The zero-order chi connectivity index (χ0) is 22.6. The number of rotatable bonds is 5. The van der Waals surface area contributed by atoms with Crippen molar-refractivity contribution >= 4 is 34.8 Å². The van der Waals surface area contributed by atoms with Crippen molar-refractivity contribution in [2.45, 2.75) is 6.18 Å². The second-order valence-electron chi connectivity index (χ2n) is 6.19. The number of nitrogens with one attached hydrogen (secondary N) is 3. The topological polar surface area (TPSA) is 113 Å². The fourth-order valence-electron chi connectivity index (χ4n) is 2.48. The van der Waals surface area contributed by atoms with Crippen molar-refractivity contribution in [3.8, 4) is 11.5 Å². The van der Waals surface area contributed by atoms with Crippen molar-refractivity contribution in [2.75, 3.05) is 10.6 Å². The van der Waals surface area contributed by atoms with Crippen LogP contribution in [-0.4, -0.2) is 16.9 Å². The number of benzene rings is 2. The molecule has 2 amide bonds. The van der Waals surface area contributed by atoms with Gasteiger partial charge in [-0.1, -0.05) is 11.6 Å². The molecule has 160 valence electrons. The predicted molar refractivity (Wildman–Crippen MR) is 111 cm³/mol. The van der Waals surface area contributed by atoms with E-state index in [0.29, 0.717) is 17.2 Å². The van der Waals surface area contributed by atoms with Gasteiger partial charge in [-0.3, -0.25) is 10.4 Å². The number of nitrogen functional groups attached to an aromatic ring is 1. The summed E-state index contributed by atoms with van der Waals surface area (Å²) in [7, 11) is 0. The van der Waals surface area contributed by atoms with Crippen LogP contribution in [0.15, 0.2) is 60.8 Å². The summed E-state index contributed by atoms with van der Waals surface area (Å²) in [4.78, 5) is 16.0. The number of anilines is 2. The van der Waals surface area contributed by atoms with Crippen LogP contribution in [0.3, 0.4) is 0 Å². The van der Waals surface area contributed by atoms with Crippen LogP contribution >= 0.6 is 11.6 Å². The van der Waals surface area contributed by atoms with Crippen LogP contribution in [0.25, 0.3) is 0 Å². The minimum Gasteiger partial charge on any atom is -0.457 e. The molecule has 3 aromatic rings. The van der Waals surface area contributed by atoms with Crippen molar-refractivity contribution in [3.63, 3.8) is 0 Å². The van der Waals surface area contributed by atoms with Gasteiger partial charge in [0.1, 0.15) is 23.0 Å². The van der Waals surface area contributed by atoms with Crippen LogP contribution in [0.4, 0.5) is 29.3 Å². The van der Waals surface area contributed by atoms with Crippen molar-refractivity contribution in [3.05, 3.63) is 77.1 Å². The van der Waals surface area contributed by atoms with Gasteiger partial charge >= 0.3 is 12.2 Å². The normalized spacial score (nSPS) is 11.0. The molecule has 0 atom stereocenters. The molecule has 0 unspecified atom stereocenters. The number of carbonyl (C=O) groups is 1. The average Bonchev–Trinajstić information content (AvgIpc) is 2.70. The Morgan fingerprint density at radius 2 is 1.65 bits per heavy atom. The first kappa shape index (κ1) is 21.9. The van der Waals surface area contributed by atoms with E-state index in [-0.39, 0.29) is 17.2 Å². The molecule has 0 fully saturated rings. The molecule has 3 rings (SSSR count). The predicted octanol–water partition coefficient (Wildman–Crippen LogP) is 5.47. The monoisotopic (exact) mass is 449 g/mol. The highest BCUT2D eigenvalue weighted by molar-refractivity contribution is 6.31. The molecule has 31 heavy (non-hydrogen) atoms. The molecule has 0 aliphatic rings. The van der Waals surface area contributed by atoms with E-state index in [1.54, 1.807) is 30.3 Å². The average molecular weight is 450 g/mol. The van der Waals surface area contributed by atoms with Gasteiger partial charge in [-0.05, 0) is 48.5 Å². The van der Waals surface area contributed by atoms with Crippen molar-refractivity contribution in [1.29, 1.82) is 5.41 Å². The molecule has 11 heteroatoms. The van der Waals surface area contributed by atoms with Gasteiger partial charge in [-0.15, -0.1) is 0 Å². The molecule has 7 nitrogen and oxygen atoms in total. The van der Waals surface area contributed by atoms with Gasteiger partial charge in [-0.25, -0.2) is 4.79 Å². The van der Waals surface area contributed by atoms with Gasteiger partial charge in [-0.2, -0.15) is 13.2 Å². The quantitative estimate of drug-likeness (QED) is 0.305. The second-order valence-corrected chi connectivity index (χ2v) is 6.60. The standard InChI is InChI=1S/C20H15ClF3N5O2/c21-16-6-3-12(9-15(16)20(22,23)24)29-19(30)28-11-1-4-13(5-2-11)31-14-7-8-27-17(10-14)18(25)26/h1-10H,(H3,25,26)(H2,28,29,30). The summed E-state index contributed by atoms with van der Waals surface area (Å²) in [6.07, 6.45) is -3.19. The van der Waals surface area contributed by atoms with Crippen molar-refractivity contribution in [1.82, 2.24) is 4.98 Å². The van der Waals surface area contributed by atoms with Gasteiger partial charge in [0.15, 0.2) is 0 Å². The van der Waals surface area contributed by atoms with E-state index in [1.165, 1.54) is 18.3 Å². The number of carbonyl (C=O) groups excluding carboxylic acids is 1. The van der Waals surface area contributed by atoms with Gasteiger partial charge in [0.05, 0.1) is 10.6 Å². The van der Waals surface area contributed by atoms with E-state index < -0.39 is 22.8 Å². The highest BCUT2D eigenvalue weighted by Gasteiger charge is 2.33. The smallest absolute Gasteiger partial charge is 0.417 e. The molecule has 0 spiro atoms. The van der Waals surface area contributed by atoms with E-state index >= 15 is 0 Å². The lowest BCUT2D eigenvalue weighted by molar-refractivity contribution is -0.137. The molecule has 0 saturated carbocycles. The summed E-state index contributed by atoms with van der Waals surface area (Å²) in [5.74, 6) is 0.667. The minimum absolute atomic E-state index is 0.0619. The molecule has 0 aliphatic heterocycles. The van der Waals surface area contributed by atoms with E-state index in [0.717, 1.165) is 12.1 Å². The molecule has 2 aromatic carbocycles. The molecule has 0 radical (unpaired) electrons. The lowest BCUT2D eigenvalue weighted by Gasteiger charge is -2.12. The van der Waals surface area contributed by atoms with Crippen LogP contribution in [0, 0.1) is 5.41 Å². The third-order valence-electron chi connectivity index (χ3n) is 3.88. The lowest BCUT2D eigenvalue weighted by Crippen LogP contribution is -2.19. The minimum atomic E-state index is -4.64. The zero-order valence-electron chi connectivity index (χ0n) is 15.6.